The van der Waals surface area contributed by atoms with Crippen LogP contribution in [0.15, 0.2) is 66.7 Å². The SMILES string of the molecule is N#CCc1ccc(NC(=O)Nc2cc(Oc3ccc(C#N)cc3)ccc2F)cc1. The average molecular weight is 386 g/mol. The lowest BCUT2D eigenvalue weighted by molar-refractivity contribution is 0.262. The highest BCUT2D eigenvalue weighted by molar-refractivity contribution is 5.99. The van der Waals surface area contributed by atoms with Crippen LogP contribution in [0.1, 0.15) is 11.1 Å². The Labute approximate surface area is 166 Å². The summed E-state index contributed by atoms with van der Waals surface area (Å²) < 4.78 is 19.7. The molecule has 0 aromatic heterocycles. The third kappa shape index (κ3) is 5.31. The molecule has 0 unspecified atom stereocenters. The summed E-state index contributed by atoms with van der Waals surface area (Å²) in [6, 6.07) is 20.7. The molecule has 0 saturated carbocycles. The highest BCUT2D eigenvalue weighted by Gasteiger charge is 2.10. The molecule has 7 heteroatoms. The Morgan fingerprint density at radius 1 is 0.931 bits per heavy atom. The summed E-state index contributed by atoms with van der Waals surface area (Å²) in [5, 5.41) is 22.5. The molecule has 142 valence electrons. The Balaban J connectivity index is 1.66. The summed E-state index contributed by atoms with van der Waals surface area (Å²) in [5.74, 6) is 0.187. The summed E-state index contributed by atoms with van der Waals surface area (Å²) >= 11 is 0. The standard InChI is InChI=1S/C22H15FN4O2/c23-20-10-9-19(29-18-7-3-16(14-25)4-8-18)13-21(20)27-22(28)26-17-5-1-15(2-6-17)11-12-24/h1-10,13H,11H2,(H2,26,27,28). The van der Waals surface area contributed by atoms with E-state index in [0.717, 1.165) is 5.56 Å². The van der Waals surface area contributed by atoms with Crippen molar-refractivity contribution in [1.29, 1.82) is 10.5 Å². The molecular weight excluding hydrogens is 371 g/mol. The average Bonchev–Trinajstić information content (AvgIpc) is 2.73. The van der Waals surface area contributed by atoms with Gasteiger partial charge in [-0.1, -0.05) is 12.1 Å². The number of benzene rings is 3. The van der Waals surface area contributed by atoms with Crippen molar-refractivity contribution in [2.45, 2.75) is 6.42 Å². The summed E-state index contributed by atoms with van der Waals surface area (Å²) in [7, 11) is 0. The zero-order valence-electron chi connectivity index (χ0n) is 15.1. The van der Waals surface area contributed by atoms with Crippen molar-refractivity contribution < 1.29 is 13.9 Å². The Morgan fingerprint density at radius 3 is 2.28 bits per heavy atom. The lowest BCUT2D eigenvalue weighted by atomic mass is 10.1. The molecule has 0 saturated heterocycles. The Morgan fingerprint density at radius 2 is 1.62 bits per heavy atom. The van der Waals surface area contributed by atoms with Crippen LogP contribution in [-0.4, -0.2) is 6.03 Å². The minimum absolute atomic E-state index is 0.0465. The smallest absolute Gasteiger partial charge is 0.323 e. The van der Waals surface area contributed by atoms with E-state index in [2.05, 4.69) is 10.6 Å². The van der Waals surface area contributed by atoms with Gasteiger partial charge in [0.15, 0.2) is 0 Å². The number of nitrogens with zero attached hydrogens (tertiary/aromatic N) is 2. The molecule has 0 radical (unpaired) electrons. The van der Waals surface area contributed by atoms with Gasteiger partial charge in [-0.3, -0.25) is 0 Å². The van der Waals surface area contributed by atoms with Crippen molar-refractivity contribution in [3.8, 4) is 23.6 Å². The van der Waals surface area contributed by atoms with Crippen LogP contribution in [0.4, 0.5) is 20.6 Å². The number of nitrogens with one attached hydrogen (secondary N) is 2. The van der Waals surface area contributed by atoms with Gasteiger partial charge in [0.25, 0.3) is 0 Å². The molecule has 6 nitrogen and oxygen atoms in total. The summed E-state index contributed by atoms with van der Waals surface area (Å²) in [4.78, 5) is 12.2. The monoisotopic (exact) mass is 386 g/mol. The van der Waals surface area contributed by atoms with Crippen molar-refractivity contribution in [3.63, 3.8) is 0 Å². The molecule has 29 heavy (non-hydrogen) atoms. The first kappa shape index (κ1) is 19.4. The molecule has 3 aromatic rings. The van der Waals surface area contributed by atoms with Gasteiger partial charge in [-0.2, -0.15) is 10.5 Å². The first-order valence-corrected chi connectivity index (χ1v) is 8.59. The number of ether oxygens (including phenoxy) is 1. The molecular formula is C22H15FN4O2. The number of hydrogen-bond donors (Lipinski definition) is 2. The van der Waals surface area contributed by atoms with Crippen LogP contribution in [0.25, 0.3) is 0 Å². The predicted octanol–water partition coefficient (Wildman–Crippen LogP) is 5.20. The van der Waals surface area contributed by atoms with Crippen LogP contribution in [0.5, 0.6) is 11.5 Å². The van der Waals surface area contributed by atoms with Crippen molar-refractivity contribution in [3.05, 3.63) is 83.7 Å². The summed E-state index contributed by atoms with van der Waals surface area (Å²) in [5.41, 5.74) is 1.79. The third-order valence-corrected chi connectivity index (χ3v) is 3.90. The van der Waals surface area contributed by atoms with Gasteiger partial charge < -0.3 is 15.4 Å². The van der Waals surface area contributed by atoms with Crippen molar-refractivity contribution >= 4 is 17.4 Å². The first-order valence-electron chi connectivity index (χ1n) is 8.59. The van der Waals surface area contributed by atoms with E-state index >= 15 is 0 Å². The minimum Gasteiger partial charge on any atom is -0.457 e. The van der Waals surface area contributed by atoms with E-state index in [1.54, 1.807) is 48.5 Å². The van der Waals surface area contributed by atoms with Crippen LogP contribution in [0.3, 0.4) is 0 Å². The van der Waals surface area contributed by atoms with E-state index in [-0.39, 0.29) is 12.1 Å². The molecule has 3 rings (SSSR count). The first-order chi connectivity index (χ1) is 14.1. The third-order valence-electron chi connectivity index (χ3n) is 3.90. The van der Waals surface area contributed by atoms with Crippen LogP contribution >= 0.6 is 0 Å². The molecule has 0 bridgehead atoms. The van der Waals surface area contributed by atoms with Gasteiger partial charge in [0.2, 0.25) is 0 Å². The van der Waals surface area contributed by atoms with Crippen LogP contribution in [-0.2, 0) is 6.42 Å². The number of hydrogen-bond acceptors (Lipinski definition) is 4. The fraction of sp³-hybridized carbons (Fsp3) is 0.0455. The molecule has 0 spiro atoms. The van der Waals surface area contributed by atoms with Gasteiger partial charge in [0, 0.05) is 11.8 Å². The summed E-state index contributed by atoms with van der Waals surface area (Å²) in [6.45, 7) is 0. The van der Waals surface area contributed by atoms with E-state index in [9.17, 15) is 9.18 Å². The van der Waals surface area contributed by atoms with E-state index in [4.69, 9.17) is 15.3 Å². The van der Waals surface area contributed by atoms with Gasteiger partial charge in [-0.05, 0) is 54.1 Å². The Hall–Kier alpha value is -4.36. The molecule has 2 amide bonds. The molecule has 2 N–H and O–H groups in total. The second kappa shape index (κ2) is 9.03. The zero-order valence-corrected chi connectivity index (χ0v) is 15.1. The quantitative estimate of drug-likeness (QED) is 0.630. The molecule has 0 aliphatic carbocycles. The molecule has 0 aliphatic heterocycles. The zero-order chi connectivity index (χ0) is 20.6. The highest BCUT2D eigenvalue weighted by Crippen LogP contribution is 2.26. The molecule has 0 heterocycles. The van der Waals surface area contributed by atoms with Gasteiger partial charge in [-0.15, -0.1) is 0 Å². The number of rotatable bonds is 5. The maximum absolute atomic E-state index is 14.1. The number of halogens is 1. The minimum atomic E-state index is -0.618. The van der Waals surface area contributed by atoms with Crippen LogP contribution < -0.4 is 15.4 Å². The van der Waals surface area contributed by atoms with Crippen molar-refractivity contribution in [1.82, 2.24) is 0 Å². The lowest BCUT2D eigenvalue weighted by Gasteiger charge is -2.11. The second-order valence-electron chi connectivity index (χ2n) is 5.99. The molecule has 0 atom stereocenters. The van der Waals surface area contributed by atoms with E-state index in [0.29, 0.717) is 22.7 Å². The fourth-order valence-corrected chi connectivity index (χ4v) is 2.48. The van der Waals surface area contributed by atoms with E-state index < -0.39 is 11.8 Å². The number of carbonyl (C=O) groups excluding carboxylic acids is 1. The number of carbonyl (C=O) groups is 1. The number of anilines is 2. The molecule has 0 aliphatic rings. The Kier molecular flexibility index (Phi) is 6.04. The maximum atomic E-state index is 14.1. The van der Waals surface area contributed by atoms with Crippen molar-refractivity contribution in [2.75, 3.05) is 10.6 Å². The normalized spacial score (nSPS) is 9.76. The fourth-order valence-electron chi connectivity index (χ4n) is 2.48. The van der Waals surface area contributed by atoms with Gasteiger partial charge in [0.1, 0.15) is 17.3 Å². The topological polar surface area (TPSA) is 97.9 Å². The molecule has 3 aromatic carbocycles. The van der Waals surface area contributed by atoms with Crippen molar-refractivity contribution in [2.24, 2.45) is 0 Å². The molecule has 0 fully saturated rings. The number of nitriles is 2. The van der Waals surface area contributed by atoms with E-state index in [1.807, 2.05) is 12.1 Å². The van der Waals surface area contributed by atoms with E-state index in [1.165, 1.54) is 18.2 Å². The van der Waals surface area contributed by atoms with Gasteiger partial charge in [-0.25, -0.2) is 9.18 Å². The van der Waals surface area contributed by atoms with Crippen LogP contribution in [0, 0.1) is 28.5 Å². The Bertz CT molecular complexity index is 1100. The van der Waals surface area contributed by atoms with Gasteiger partial charge in [0.05, 0.1) is 29.8 Å². The second-order valence-corrected chi connectivity index (χ2v) is 5.99. The lowest BCUT2D eigenvalue weighted by Crippen LogP contribution is -2.20. The van der Waals surface area contributed by atoms with Gasteiger partial charge >= 0.3 is 6.03 Å². The number of amides is 2. The highest BCUT2D eigenvalue weighted by atomic mass is 19.1. The predicted molar refractivity (Wildman–Crippen MR) is 106 cm³/mol. The number of urea groups is 1. The largest absolute Gasteiger partial charge is 0.457 e. The summed E-state index contributed by atoms with van der Waals surface area (Å²) in [6.07, 6.45) is 0.281. The van der Waals surface area contributed by atoms with Crippen LogP contribution in [0.2, 0.25) is 0 Å². The maximum Gasteiger partial charge on any atom is 0.323 e.